The molecule has 0 unspecified atom stereocenters. The molecule has 0 bridgehead atoms. The maximum atomic E-state index is 13.4. The normalized spacial score (nSPS) is 9.58. The van der Waals surface area contributed by atoms with Gasteiger partial charge >= 0.3 is 0 Å². The van der Waals surface area contributed by atoms with Gasteiger partial charge in [0, 0.05) is 21.2 Å². The van der Waals surface area contributed by atoms with E-state index in [-0.39, 0.29) is 5.56 Å². The Morgan fingerprint density at radius 2 is 2.21 bits per heavy atom. The van der Waals surface area contributed by atoms with Gasteiger partial charge in [-0.2, -0.15) is 10.4 Å². The van der Waals surface area contributed by atoms with Gasteiger partial charge in [-0.3, -0.25) is 0 Å². The van der Waals surface area contributed by atoms with Crippen LogP contribution in [0, 0.1) is 28.3 Å². The maximum Gasteiger partial charge on any atom is 0.155 e. The van der Waals surface area contributed by atoms with Crippen LogP contribution in [0.25, 0.3) is 5.69 Å². The summed E-state index contributed by atoms with van der Waals surface area (Å²) >= 11 is 8.03. The van der Waals surface area contributed by atoms with E-state index in [1.54, 1.807) is 0 Å². The van der Waals surface area contributed by atoms with Crippen molar-refractivity contribution in [3.8, 4) is 22.9 Å². The van der Waals surface area contributed by atoms with Crippen molar-refractivity contribution in [3.05, 3.63) is 46.5 Å². The topological polar surface area (TPSA) is 41.6 Å². The Bertz CT molecular complexity index is 727. The number of nitriles is 1. The third kappa shape index (κ3) is 3.41. The summed E-state index contributed by atoms with van der Waals surface area (Å²) in [6.45, 7) is 0. The zero-order valence-corrected chi connectivity index (χ0v) is 12.9. The third-order valence-electron chi connectivity index (χ3n) is 2.15. The van der Waals surface area contributed by atoms with Gasteiger partial charge in [0.1, 0.15) is 5.82 Å². The third-order valence-corrected chi connectivity index (χ3v) is 3.27. The van der Waals surface area contributed by atoms with Gasteiger partial charge in [-0.1, -0.05) is 11.6 Å². The first-order valence-electron chi connectivity index (χ1n) is 4.89. The van der Waals surface area contributed by atoms with Crippen molar-refractivity contribution in [1.82, 2.24) is 9.78 Å². The van der Waals surface area contributed by atoms with E-state index >= 15 is 0 Å². The van der Waals surface area contributed by atoms with Crippen LogP contribution in [-0.2, 0) is 0 Å². The van der Waals surface area contributed by atoms with E-state index in [2.05, 4.69) is 16.3 Å². The molecular formula is C12H4ClFIN3S. The van der Waals surface area contributed by atoms with Gasteiger partial charge in [0.05, 0.1) is 28.5 Å². The molecule has 0 saturated carbocycles. The maximum absolute atomic E-state index is 13.4. The number of halogens is 3. The Kier molecular flexibility index (Phi) is 4.70. The smallest absolute Gasteiger partial charge is 0.155 e. The van der Waals surface area contributed by atoms with E-state index in [1.807, 2.05) is 27.3 Å². The van der Waals surface area contributed by atoms with Gasteiger partial charge in [0.15, 0.2) is 5.69 Å². The average Bonchev–Trinajstić information content (AvgIpc) is 2.77. The molecule has 1 heterocycles. The summed E-state index contributed by atoms with van der Waals surface area (Å²) in [6, 6.07) is 5.84. The van der Waals surface area contributed by atoms with E-state index in [0.717, 1.165) is 6.07 Å². The molecule has 0 atom stereocenters. The van der Waals surface area contributed by atoms with Crippen LogP contribution in [0.4, 0.5) is 4.39 Å². The lowest BCUT2D eigenvalue weighted by Crippen LogP contribution is -1.97. The highest BCUT2D eigenvalue weighted by Crippen LogP contribution is 2.19. The Balaban J connectivity index is 2.48. The quantitative estimate of drug-likeness (QED) is 0.535. The number of nitrogens with zero attached hydrogens (tertiary/aromatic N) is 3. The summed E-state index contributed by atoms with van der Waals surface area (Å²) < 4.78 is 14.7. The summed E-state index contributed by atoms with van der Waals surface area (Å²) in [5.41, 5.74) is 1.05. The predicted octanol–water partition coefficient (Wildman–Crippen LogP) is 3.93. The van der Waals surface area contributed by atoms with E-state index < -0.39 is 5.82 Å². The predicted molar refractivity (Wildman–Crippen MR) is 81.7 cm³/mol. The minimum atomic E-state index is -0.504. The van der Waals surface area contributed by atoms with E-state index in [9.17, 15) is 4.39 Å². The molecule has 1 aromatic heterocycles. The minimum Gasteiger partial charge on any atom is -0.238 e. The number of hydrogen-bond acceptors (Lipinski definition) is 3. The standard InChI is InChI=1S/C12H4ClFIN3S/c13-11-7-18(17-12(11)1-2-19-15)10-4-8(6-16)3-9(14)5-10/h3-5,7H. The lowest BCUT2D eigenvalue weighted by Gasteiger charge is -2.01. The van der Waals surface area contributed by atoms with E-state index in [1.165, 1.54) is 31.9 Å². The molecular weight excluding hydrogens is 400 g/mol. The van der Waals surface area contributed by atoms with Crippen molar-refractivity contribution < 1.29 is 4.39 Å². The van der Waals surface area contributed by atoms with Gasteiger partial charge in [-0.05, 0) is 38.3 Å². The van der Waals surface area contributed by atoms with Crippen LogP contribution in [0.1, 0.15) is 11.3 Å². The number of rotatable bonds is 1. The molecule has 1 aromatic carbocycles. The summed E-state index contributed by atoms with van der Waals surface area (Å²) in [6.07, 6.45) is 1.53. The molecule has 0 amide bonds. The summed E-state index contributed by atoms with van der Waals surface area (Å²) in [5, 5.41) is 16.1. The van der Waals surface area contributed by atoms with Crippen LogP contribution in [-0.4, -0.2) is 9.78 Å². The highest BCUT2D eigenvalue weighted by Gasteiger charge is 2.08. The lowest BCUT2D eigenvalue weighted by atomic mass is 10.2. The van der Waals surface area contributed by atoms with Crippen molar-refractivity contribution in [2.24, 2.45) is 0 Å². The van der Waals surface area contributed by atoms with Crippen LogP contribution in [0.3, 0.4) is 0 Å². The Morgan fingerprint density at radius 1 is 1.42 bits per heavy atom. The van der Waals surface area contributed by atoms with Crippen LogP contribution in [0.15, 0.2) is 24.4 Å². The van der Waals surface area contributed by atoms with Crippen molar-refractivity contribution in [2.45, 2.75) is 0 Å². The molecule has 0 fully saturated rings. The summed E-state index contributed by atoms with van der Waals surface area (Å²) in [5.74, 6) is 2.28. The summed E-state index contributed by atoms with van der Waals surface area (Å²) in [7, 11) is 1.32. The Morgan fingerprint density at radius 3 is 2.89 bits per heavy atom. The molecule has 0 radical (unpaired) electrons. The fourth-order valence-corrected chi connectivity index (χ4v) is 2.05. The van der Waals surface area contributed by atoms with Crippen LogP contribution < -0.4 is 0 Å². The van der Waals surface area contributed by atoms with Gasteiger partial charge in [0.2, 0.25) is 0 Å². The molecule has 7 heteroatoms. The van der Waals surface area contributed by atoms with Crippen molar-refractivity contribution >= 4 is 41.7 Å². The highest BCUT2D eigenvalue weighted by atomic mass is 127. The zero-order chi connectivity index (χ0) is 13.8. The van der Waals surface area contributed by atoms with Crippen LogP contribution in [0.5, 0.6) is 0 Å². The number of benzene rings is 1. The van der Waals surface area contributed by atoms with Gasteiger partial charge in [-0.15, -0.1) is 0 Å². The van der Waals surface area contributed by atoms with Gasteiger partial charge < -0.3 is 0 Å². The largest absolute Gasteiger partial charge is 0.238 e. The van der Waals surface area contributed by atoms with Crippen molar-refractivity contribution in [3.63, 3.8) is 0 Å². The highest BCUT2D eigenvalue weighted by molar-refractivity contribution is 14.2. The first kappa shape index (κ1) is 14.2. The second-order valence-electron chi connectivity index (χ2n) is 3.38. The van der Waals surface area contributed by atoms with Gasteiger partial charge in [0.25, 0.3) is 0 Å². The molecule has 0 aliphatic heterocycles. The van der Waals surface area contributed by atoms with E-state index in [0.29, 0.717) is 16.4 Å². The number of aromatic nitrogens is 2. The molecule has 94 valence electrons. The minimum absolute atomic E-state index is 0.220. The van der Waals surface area contributed by atoms with Crippen LogP contribution >= 0.6 is 41.7 Å². The first-order valence-corrected chi connectivity index (χ1v) is 8.62. The second-order valence-corrected chi connectivity index (χ2v) is 5.47. The van der Waals surface area contributed by atoms with Gasteiger partial charge in [-0.25, -0.2) is 9.07 Å². The van der Waals surface area contributed by atoms with Crippen molar-refractivity contribution in [2.75, 3.05) is 0 Å². The second kappa shape index (κ2) is 6.29. The lowest BCUT2D eigenvalue weighted by molar-refractivity contribution is 0.625. The Hall–Kier alpha value is -1.22. The van der Waals surface area contributed by atoms with Crippen LogP contribution in [0.2, 0.25) is 5.02 Å². The molecule has 0 N–H and O–H groups in total. The summed E-state index contributed by atoms with van der Waals surface area (Å²) in [4.78, 5) is 0. The molecule has 0 saturated heterocycles. The first-order chi connectivity index (χ1) is 9.13. The molecule has 2 rings (SSSR count). The zero-order valence-electron chi connectivity index (χ0n) is 9.19. The molecule has 2 aromatic rings. The molecule has 19 heavy (non-hydrogen) atoms. The van der Waals surface area contributed by atoms with E-state index in [4.69, 9.17) is 16.9 Å². The fraction of sp³-hybridized carbons (Fsp3) is 0. The molecule has 0 spiro atoms. The molecule has 0 aliphatic rings. The molecule has 0 aliphatic carbocycles. The Labute approximate surface area is 130 Å². The van der Waals surface area contributed by atoms with Crippen molar-refractivity contribution in [1.29, 1.82) is 5.26 Å². The average molecular weight is 404 g/mol. The fourth-order valence-electron chi connectivity index (χ4n) is 1.41. The number of hydrogen-bond donors (Lipinski definition) is 0. The monoisotopic (exact) mass is 403 g/mol. The SMILES string of the molecule is N#Cc1cc(F)cc(-n2cc(Cl)c(C#CSI)n2)c1. The molecule has 3 nitrogen and oxygen atoms in total.